The number of carbonyl (C=O) groups is 1. The summed E-state index contributed by atoms with van der Waals surface area (Å²) in [6.45, 7) is 3.54. The number of hydrogen-bond acceptors (Lipinski definition) is 5. The fraction of sp³-hybridized carbons (Fsp3) is 0.190. The summed E-state index contributed by atoms with van der Waals surface area (Å²) in [5.41, 5.74) is 2.47. The molecule has 0 bridgehead atoms. The van der Waals surface area contributed by atoms with Gasteiger partial charge in [0.15, 0.2) is 0 Å². The highest BCUT2D eigenvalue weighted by Gasteiger charge is 2.20. The number of nitrogens with zero attached hydrogens (tertiary/aromatic N) is 1. The highest BCUT2D eigenvalue weighted by Crippen LogP contribution is 2.28. The van der Waals surface area contributed by atoms with Gasteiger partial charge in [0.05, 0.1) is 17.5 Å². The van der Waals surface area contributed by atoms with Crippen LogP contribution in [-0.2, 0) is 4.79 Å². The van der Waals surface area contributed by atoms with Gasteiger partial charge in [-0.2, -0.15) is 0 Å². The molecule has 0 unspecified atom stereocenters. The van der Waals surface area contributed by atoms with Gasteiger partial charge in [-0.3, -0.25) is 20.2 Å². The molecule has 2 N–H and O–H groups in total. The lowest BCUT2D eigenvalue weighted by Crippen LogP contribution is -2.31. The smallest absolute Gasteiger partial charge is 0.293 e. The van der Waals surface area contributed by atoms with E-state index in [4.69, 9.17) is 0 Å². The molecule has 0 saturated carbocycles. The van der Waals surface area contributed by atoms with Gasteiger partial charge >= 0.3 is 0 Å². The van der Waals surface area contributed by atoms with E-state index < -0.39 is 10.8 Å². The first-order valence-electron chi connectivity index (χ1n) is 8.93. The molecule has 6 nitrogen and oxygen atoms in total. The average Bonchev–Trinajstić information content (AvgIpc) is 3.20. The predicted molar refractivity (Wildman–Crippen MR) is 112 cm³/mol. The zero-order valence-corrected chi connectivity index (χ0v) is 16.8. The van der Waals surface area contributed by atoms with Gasteiger partial charge in [-0.15, -0.1) is 11.3 Å². The second-order valence-electron chi connectivity index (χ2n) is 6.64. The highest BCUT2D eigenvalue weighted by molar-refractivity contribution is 7.10. The van der Waals surface area contributed by atoms with Gasteiger partial charge in [-0.1, -0.05) is 18.2 Å². The summed E-state index contributed by atoms with van der Waals surface area (Å²) in [5, 5.41) is 19.0. The third kappa shape index (κ3) is 5.04. The number of thiophene rings is 1. The number of aryl methyl sites for hydroxylation is 2. The van der Waals surface area contributed by atoms with Crippen molar-refractivity contribution in [1.82, 2.24) is 5.32 Å². The highest BCUT2D eigenvalue weighted by atomic mass is 32.1. The number of nitro groups is 1. The molecule has 1 atom stereocenters. The lowest BCUT2D eigenvalue weighted by Gasteiger charge is -2.18. The molecule has 1 heterocycles. The van der Waals surface area contributed by atoms with Crippen LogP contribution < -0.4 is 10.6 Å². The van der Waals surface area contributed by atoms with Crippen molar-refractivity contribution in [2.75, 3.05) is 11.9 Å². The Labute approximate surface area is 171 Å². The topological polar surface area (TPSA) is 84.3 Å². The van der Waals surface area contributed by atoms with Crippen molar-refractivity contribution in [3.63, 3.8) is 0 Å². The second-order valence-corrected chi connectivity index (χ2v) is 7.62. The van der Waals surface area contributed by atoms with E-state index in [-0.39, 0.29) is 29.8 Å². The Morgan fingerprint density at radius 1 is 1.17 bits per heavy atom. The fourth-order valence-corrected chi connectivity index (χ4v) is 3.76. The van der Waals surface area contributed by atoms with Crippen molar-refractivity contribution in [2.24, 2.45) is 0 Å². The summed E-state index contributed by atoms with van der Waals surface area (Å²) in [5.74, 6) is -0.738. The minimum atomic E-state index is -0.511. The van der Waals surface area contributed by atoms with Crippen LogP contribution in [0, 0.1) is 29.8 Å². The summed E-state index contributed by atoms with van der Waals surface area (Å²) in [4.78, 5) is 24.3. The van der Waals surface area contributed by atoms with Crippen LogP contribution in [0.5, 0.6) is 0 Å². The number of halogens is 1. The van der Waals surface area contributed by atoms with Gasteiger partial charge in [-0.25, -0.2) is 4.39 Å². The van der Waals surface area contributed by atoms with E-state index in [9.17, 15) is 19.3 Å². The summed E-state index contributed by atoms with van der Waals surface area (Å²) >= 11 is 1.52. The average molecular weight is 413 g/mol. The maximum absolute atomic E-state index is 13.3. The minimum Gasteiger partial charge on any atom is -0.319 e. The molecule has 0 aliphatic rings. The van der Waals surface area contributed by atoms with Crippen molar-refractivity contribution < 1.29 is 14.1 Å². The fourth-order valence-electron chi connectivity index (χ4n) is 2.93. The first-order chi connectivity index (χ1) is 13.8. The monoisotopic (exact) mass is 413 g/mol. The molecule has 8 heteroatoms. The Hall–Kier alpha value is -3.10. The Bertz CT molecular complexity index is 1020. The van der Waals surface area contributed by atoms with Crippen LogP contribution >= 0.6 is 11.3 Å². The number of carbonyl (C=O) groups excluding carboxylic acids is 1. The zero-order chi connectivity index (χ0) is 21.0. The van der Waals surface area contributed by atoms with Gasteiger partial charge in [0.25, 0.3) is 5.69 Å². The zero-order valence-electron chi connectivity index (χ0n) is 15.9. The molecular weight excluding hydrogens is 393 g/mol. The Morgan fingerprint density at radius 2 is 1.86 bits per heavy atom. The first kappa shape index (κ1) is 20.6. The number of nitro benzene ring substituents is 1. The van der Waals surface area contributed by atoms with E-state index in [1.165, 1.54) is 29.5 Å². The molecule has 0 aliphatic carbocycles. The molecule has 3 aromatic rings. The van der Waals surface area contributed by atoms with Gasteiger partial charge in [0, 0.05) is 10.9 Å². The maximum Gasteiger partial charge on any atom is 0.293 e. The third-order valence-electron chi connectivity index (χ3n) is 4.58. The summed E-state index contributed by atoms with van der Waals surface area (Å²) in [6, 6.07) is 12.7. The molecule has 0 aliphatic heterocycles. The molecule has 3 rings (SSSR count). The van der Waals surface area contributed by atoms with E-state index in [0.29, 0.717) is 0 Å². The lowest BCUT2D eigenvalue weighted by molar-refractivity contribution is -0.384. The van der Waals surface area contributed by atoms with Gasteiger partial charge < -0.3 is 5.32 Å². The Morgan fingerprint density at radius 3 is 2.48 bits per heavy atom. The Balaban J connectivity index is 1.75. The predicted octanol–water partition coefficient (Wildman–Crippen LogP) is 4.73. The molecule has 1 aromatic heterocycles. The molecule has 29 heavy (non-hydrogen) atoms. The molecule has 2 aromatic carbocycles. The molecule has 0 fully saturated rings. The molecule has 1 amide bonds. The van der Waals surface area contributed by atoms with E-state index in [2.05, 4.69) is 10.6 Å². The first-order valence-corrected chi connectivity index (χ1v) is 9.81. The van der Waals surface area contributed by atoms with Crippen molar-refractivity contribution >= 4 is 28.6 Å². The number of anilines is 1. The molecule has 0 radical (unpaired) electrons. The van der Waals surface area contributed by atoms with E-state index >= 15 is 0 Å². The second kappa shape index (κ2) is 8.93. The normalized spacial score (nSPS) is 11.8. The maximum atomic E-state index is 13.3. The standard InChI is InChI=1S/C21H20FN3O3S/c1-13-10-17(18(25(27)28)11-14(13)2)24-20(26)12-23-21(19-4-3-9-29-19)15-5-7-16(22)8-6-15/h3-11,21,23H,12H2,1-2H3,(H,24,26)/t21-/m0/s1. The summed E-state index contributed by atoms with van der Waals surface area (Å²) in [6.07, 6.45) is 0. The minimum absolute atomic E-state index is 0.0655. The van der Waals surface area contributed by atoms with E-state index in [1.807, 2.05) is 24.4 Å². The number of benzene rings is 2. The molecule has 0 spiro atoms. The molecular formula is C21H20FN3O3S. The van der Waals surface area contributed by atoms with Crippen molar-refractivity contribution in [2.45, 2.75) is 19.9 Å². The number of hydrogen-bond donors (Lipinski definition) is 2. The van der Waals surface area contributed by atoms with Gasteiger partial charge in [0.1, 0.15) is 11.5 Å². The Kier molecular flexibility index (Phi) is 6.36. The van der Waals surface area contributed by atoms with Crippen molar-refractivity contribution in [1.29, 1.82) is 0 Å². The van der Waals surface area contributed by atoms with Crippen LogP contribution in [0.1, 0.15) is 27.6 Å². The molecule has 150 valence electrons. The molecule has 0 saturated heterocycles. The van der Waals surface area contributed by atoms with Gasteiger partial charge in [-0.05, 0) is 60.2 Å². The van der Waals surface area contributed by atoms with E-state index in [0.717, 1.165) is 21.6 Å². The lowest BCUT2D eigenvalue weighted by atomic mass is 10.1. The summed E-state index contributed by atoms with van der Waals surface area (Å²) in [7, 11) is 0. The quantitative estimate of drug-likeness (QED) is 0.433. The van der Waals surface area contributed by atoms with Crippen LogP contribution in [0.25, 0.3) is 0 Å². The SMILES string of the molecule is Cc1cc(NC(=O)CN[C@@H](c2ccc(F)cc2)c2cccs2)c([N+](=O)[O-])cc1C. The van der Waals surface area contributed by atoms with Crippen molar-refractivity contribution in [3.05, 3.63) is 91.4 Å². The van der Waals surface area contributed by atoms with Crippen LogP contribution in [0.3, 0.4) is 0 Å². The largest absolute Gasteiger partial charge is 0.319 e. The van der Waals surface area contributed by atoms with Crippen LogP contribution in [0.2, 0.25) is 0 Å². The van der Waals surface area contributed by atoms with Gasteiger partial charge in [0.2, 0.25) is 5.91 Å². The van der Waals surface area contributed by atoms with Crippen LogP contribution in [-0.4, -0.2) is 17.4 Å². The van der Waals surface area contributed by atoms with Crippen LogP contribution in [0.4, 0.5) is 15.8 Å². The van der Waals surface area contributed by atoms with E-state index in [1.54, 1.807) is 25.1 Å². The van der Waals surface area contributed by atoms with Crippen LogP contribution in [0.15, 0.2) is 53.9 Å². The number of amides is 1. The summed E-state index contributed by atoms with van der Waals surface area (Å²) < 4.78 is 13.3. The third-order valence-corrected chi connectivity index (χ3v) is 5.52. The van der Waals surface area contributed by atoms with Crippen molar-refractivity contribution in [3.8, 4) is 0 Å². The number of rotatable bonds is 7. The number of nitrogens with one attached hydrogen (secondary N) is 2.